The molecule has 0 radical (unpaired) electrons. The van der Waals surface area contributed by atoms with Crippen molar-refractivity contribution in [3.8, 4) is 11.5 Å². The number of rotatable bonds is 1. The highest BCUT2D eigenvalue weighted by atomic mass is 127. The first-order valence-corrected chi connectivity index (χ1v) is 9.82. The molecule has 0 aromatic heterocycles. The summed E-state index contributed by atoms with van der Waals surface area (Å²) in [6, 6.07) is 6.51. The van der Waals surface area contributed by atoms with Gasteiger partial charge in [-0.1, -0.05) is 32.5 Å². The third kappa shape index (κ3) is 4.39. The molecule has 0 amide bonds. The van der Waals surface area contributed by atoms with Crippen molar-refractivity contribution in [2.75, 3.05) is 0 Å². The molecule has 2 heteroatoms. The molecule has 15 heavy (non-hydrogen) atoms. The molecule has 0 fully saturated rings. The van der Waals surface area contributed by atoms with Crippen LogP contribution < -0.4 is 0 Å². The van der Waals surface area contributed by atoms with Gasteiger partial charge in [0.25, 0.3) is 0 Å². The molecule has 0 heterocycles. The van der Waals surface area contributed by atoms with Gasteiger partial charge in [0, 0.05) is 9.13 Å². The third-order valence-corrected chi connectivity index (χ3v) is 3.57. The lowest BCUT2D eigenvalue weighted by atomic mass is 10.1. The Morgan fingerprint density at radius 2 is 1.93 bits per heavy atom. The van der Waals surface area contributed by atoms with E-state index < -0.39 is 8.07 Å². The van der Waals surface area contributed by atoms with Crippen LogP contribution in [-0.2, 0) is 6.42 Å². The second-order valence-electron chi connectivity index (χ2n) is 4.66. The summed E-state index contributed by atoms with van der Waals surface area (Å²) in [7, 11) is -1.25. The van der Waals surface area contributed by atoms with Gasteiger partial charge in [-0.3, -0.25) is 0 Å². The quantitative estimate of drug-likeness (QED) is 0.414. The topological polar surface area (TPSA) is 0 Å². The second-order valence-corrected chi connectivity index (χ2v) is 10.7. The minimum Gasteiger partial charge on any atom is -0.127 e. The van der Waals surface area contributed by atoms with Crippen molar-refractivity contribution in [1.82, 2.24) is 0 Å². The Morgan fingerprint density at radius 3 is 2.47 bits per heavy atom. The van der Waals surface area contributed by atoms with E-state index in [4.69, 9.17) is 0 Å². The number of hydrogen-bond donors (Lipinski definition) is 0. The van der Waals surface area contributed by atoms with E-state index >= 15 is 0 Å². The van der Waals surface area contributed by atoms with Crippen LogP contribution >= 0.6 is 22.6 Å². The Hall–Kier alpha value is -0.273. The normalized spacial score (nSPS) is 10.7. The zero-order chi connectivity index (χ0) is 11.5. The van der Waals surface area contributed by atoms with Gasteiger partial charge >= 0.3 is 0 Å². The van der Waals surface area contributed by atoms with Crippen molar-refractivity contribution in [1.29, 1.82) is 0 Å². The summed E-state index contributed by atoms with van der Waals surface area (Å²) in [5, 5.41) is 0. The van der Waals surface area contributed by atoms with E-state index in [-0.39, 0.29) is 0 Å². The molecule has 80 valence electrons. The Balaban J connectivity index is 3.08. The van der Waals surface area contributed by atoms with Gasteiger partial charge in [0.05, 0.1) is 0 Å². The average Bonchev–Trinajstić information content (AvgIpc) is 2.14. The van der Waals surface area contributed by atoms with Crippen LogP contribution in [0.25, 0.3) is 0 Å². The molecule has 0 bridgehead atoms. The number of hydrogen-bond acceptors (Lipinski definition) is 0. The van der Waals surface area contributed by atoms with Crippen molar-refractivity contribution in [2.24, 2.45) is 0 Å². The minimum absolute atomic E-state index is 1.06. The summed E-state index contributed by atoms with van der Waals surface area (Å²) in [4.78, 5) is 0. The van der Waals surface area contributed by atoms with E-state index in [1.807, 2.05) is 0 Å². The molecule has 1 rings (SSSR count). The smallest absolute Gasteiger partial charge is 0.127 e. The molecule has 0 atom stereocenters. The highest BCUT2D eigenvalue weighted by Crippen LogP contribution is 2.14. The maximum absolute atomic E-state index is 3.42. The van der Waals surface area contributed by atoms with E-state index in [1.165, 1.54) is 14.7 Å². The first-order chi connectivity index (χ1) is 6.92. The zero-order valence-corrected chi connectivity index (χ0v) is 13.0. The molecule has 0 saturated heterocycles. The van der Waals surface area contributed by atoms with Gasteiger partial charge in [-0.15, -0.1) is 5.54 Å². The summed E-state index contributed by atoms with van der Waals surface area (Å²) in [6.07, 6.45) is 1.06. The lowest BCUT2D eigenvalue weighted by Gasteiger charge is -2.05. The summed E-state index contributed by atoms with van der Waals surface area (Å²) >= 11 is 2.35. The SMILES string of the molecule is CCc1cc(I)ccc1C#C[Si](C)(C)C. The standard InChI is InChI=1S/C13H17ISi/c1-5-11-10-13(14)7-6-12(11)8-9-15(2,3)4/h6-7,10H,5H2,1-4H3. The maximum atomic E-state index is 3.42. The Kier molecular flexibility index (Phi) is 4.41. The van der Waals surface area contributed by atoms with E-state index in [9.17, 15) is 0 Å². The molecule has 1 aromatic carbocycles. The molecule has 0 nitrogen and oxygen atoms in total. The highest BCUT2D eigenvalue weighted by Gasteiger charge is 2.08. The summed E-state index contributed by atoms with van der Waals surface area (Å²) < 4.78 is 1.29. The summed E-state index contributed by atoms with van der Waals surface area (Å²) in [6.45, 7) is 9.01. The van der Waals surface area contributed by atoms with Crippen LogP contribution in [-0.4, -0.2) is 8.07 Å². The van der Waals surface area contributed by atoms with Crippen LogP contribution in [0.15, 0.2) is 18.2 Å². The van der Waals surface area contributed by atoms with E-state index in [0.717, 1.165) is 6.42 Å². The van der Waals surface area contributed by atoms with Crippen molar-refractivity contribution in [2.45, 2.75) is 33.0 Å². The van der Waals surface area contributed by atoms with Gasteiger partial charge in [-0.2, -0.15) is 0 Å². The van der Waals surface area contributed by atoms with Gasteiger partial charge in [0.2, 0.25) is 0 Å². The monoisotopic (exact) mass is 328 g/mol. The van der Waals surface area contributed by atoms with E-state index in [2.05, 4.69) is 78.8 Å². The van der Waals surface area contributed by atoms with Crippen molar-refractivity contribution in [3.05, 3.63) is 32.9 Å². The molecule has 1 aromatic rings. The lowest BCUT2D eigenvalue weighted by molar-refractivity contribution is 1.13. The fourth-order valence-electron chi connectivity index (χ4n) is 1.23. The van der Waals surface area contributed by atoms with Crippen molar-refractivity contribution >= 4 is 30.7 Å². The van der Waals surface area contributed by atoms with Crippen LogP contribution in [0.5, 0.6) is 0 Å². The fraction of sp³-hybridized carbons (Fsp3) is 0.385. The number of benzene rings is 1. The molecule has 0 aliphatic carbocycles. The predicted octanol–water partition coefficient (Wildman–Crippen LogP) is 4.08. The van der Waals surface area contributed by atoms with Crippen molar-refractivity contribution < 1.29 is 0 Å². The molecule has 0 saturated carbocycles. The number of halogens is 1. The fourth-order valence-corrected chi connectivity index (χ4v) is 2.30. The van der Waals surface area contributed by atoms with Crippen LogP contribution in [0.1, 0.15) is 18.1 Å². The number of aryl methyl sites for hydroxylation is 1. The predicted molar refractivity (Wildman–Crippen MR) is 78.8 cm³/mol. The zero-order valence-electron chi connectivity index (χ0n) is 9.82. The van der Waals surface area contributed by atoms with Crippen LogP contribution in [0.4, 0.5) is 0 Å². The Bertz CT molecular complexity index is 405. The highest BCUT2D eigenvalue weighted by molar-refractivity contribution is 14.1. The Morgan fingerprint density at radius 1 is 1.27 bits per heavy atom. The molecule has 0 unspecified atom stereocenters. The van der Waals surface area contributed by atoms with Crippen molar-refractivity contribution in [3.63, 3.8) is 0 Å². The molecule has 0 aliphatic heterocycles. The largest absolute Gasteiger partial charge is 0.129 e. The van der Waals surface area contributed by atoms with Crippen LogP contribution in [0, 0.1) is 15.0 Å². The third-order valence-electron chi connectivity index (χ3n) is 2.02. The van der Waals surface area contributed by atoms with Gasteiger partial charge in [0.1, 0.15) is 8.07 Å². The minimum atomic E-state index is -1.25. The first-order valence-electron chi connectivity index (χ1n) is 5.24. The molecule has 0 aliphatic rings. The molecule has 0 N–H and O–H groups in total. The van der Waals surface area contributed by atoms with Crippen LogP contribution in [0.3, 0.4) is 0 Å². The summed E-state index contributed by atoms with van der Waals surface area (Å²) in [5.41, 5.74) is 6.00. The van der Waals surface area contributed by atoms with Gasteiger partial charge < -0.3 is 0 Å². The maximum Gasteiger partial charge on any atom is 0.129 e. The molecule has 0 spiro atoms. The summed E-state index contributed by atoms with van der Waals surface area (Å²) in [5.74, 6) is 3.34. The molecular formula is C13H17ISi. The van der Waals surface area contributed by atoms with Gasteiger partial charge in [-0.05, 0) is 52.8 Å². The van der Waals surface area contributed by atoms with Gasteiger partial charge in [-0.25, -0.2) is 0 Å². The second kappa shape index (κ2) is 5.18. The van der Waals surface area contributed by atoms with E-state index in [1.54, 1.807) is 0 Å². The van der Waals surface area contributed by atoms with Gasteiger partial charge in [0.15, 0.2) is 0 Å². The Labute approximate surface area is 108 Å². The first kappa shape index (κ1) is 12.8. The molecular weight excluding hydrogens is 311 g/mol. The lowest BCUT2D eigenvalue weighted by Crippen LogP contribution is -2.16. The van der Waals surface area contributed by atoms with Crippen LogP contribution in [0.2, 0.25) is 19.6 Å². The average molecular weight is 328 g/mol. The van der Waals surface area contributed by atoms with E-state index in [0.29, 0.717) is 0 Å².